The van der Waals surface area contributed by atoms with E-state index in [1.165, 1.54) is 0 Å². The molecule has 1 atom stereocenters. The molecule has 1 aliphatic rings. The normalized spacial score (nSPS) is 23.7. The first-order valence-electron chi connectivity index (χ1n) is 3.55. The number of aliphatic carboxylic acids is 1. The van der Waals surface area contributed by atoms with Crippen molar-refractivity contribution < 1.29 is 19.8 Å². The number of nitrogens with one attached hydrogen (secondary N) is 1. The van der Waals surface area contributed by atoms with E-state index in [-0.39, 0.29) is 6.54 Å². The lowest BCUT2D eigenvalue weighted by Crippen LogP contribution is -2.55. The van der Waals surface area contributed by atoms with Gasteiger partial charge in [0.15, 0.2) is 0 Å². The summed E-state index contributed by atoms with van der Waals surface area (Å²) < 4.78 is 0. The van der Waals surface area contributed by atoms with Gasteiger partial charge >= 0.3 is 12.1 Å². The second-order valence-electron chi connectivity index (χ2n) is 2.57. The van der Waals surface area contributed by atoms with Gasteiger partial charge in [0.2, 0.25) is 0 Å². The van der Waals surface area contributed by atoms with Crippen LogP contribution in [0.15, 0.2) is 0 Å². The van der Waals surface area contributed by atoms with Crippen LogP contribution in [0.25, 0.3) is 0 Å². The van der Waals surface area contributed by atoms with Crippen molar-refractivity contribution in [1.29, 1.82) is 0 Å². The number of piperazine rings is 1. The fourth-order valence-corrected chi connectivity index (χ4v) is 1.09. The fraction of sp³-hybridized carbons (Fsp3) is 0.667. The van der Waals surface area contributed by atoms with Crippen molar-refractivity contribution in [1.82, 2.24) is 10.2 Å². The molecule has 12 heavy (non-hydrogen) atoms. The number of carboxylic acid groups (broad SMARTS) is 2. The highest BCUT2D eigenvalue weighted by atomic mass is 16.4. The third kappa shape index (κ3) is 1.85. The van der Waals surface area contributed by atoms with E-state index in [0.717, 1.165) is 4.90 Å². The summed E-state index contributed by atoms with van der Waals surface area (Å²) in [6.45, 7) is 0.757. The Morgan fingerprint density at radius 3 is 2.58 bits per heavy atom. The summed E-state index contributed by atoms with van der Waals surface area (Å²) in [6, 6.07) is -0.769. The first kappa shape index (κ1) is 8.79. The van der Waals surface area contributed by atoms with Gasteiger partial charge in [-0.15, -0.1) is 0 Å². The van der Waals surface area contributed by atoms with Crippen LogP contribution in [0.4, 0.5) is 4.79 Å². The average molecular weight is 174 g/mol. The van der Waals surface area contributed by atoms with Gasteiger partial charge in [-0.3, -0.25) is 4.79 Å². The molecule has 0 spiro atoms. The van der Waals surface area contributed by atoms with Crippen LogP contribution in [0.1, 0.15) is 0 Å². The standard InChI is InChI=1S/C6H10N2O4/c9-5(10)4-3-8(6(11)12)2-1-7-4/h4,7H,1-3H2,(H,9,10)(H,11,12)/t4-/m1/s1. The molecule has 0 saturated carbocycles. The van der Waals surface area contributed by atoms with Crippen molar-refractivity contribution >= 4 is 12.1 Å². The molecule has 0 radical (unpaired) electrons. The third-order valence-electron chi connectivity index (χ3n) is 1.74. The SMILES string of the molecule is O=C(O)[C@H]1CN(C(=O)O)CCN1. The first-order chi connectivity index (χ1) is 5.61. The van der Waals surface area contributed by atoms with Crippen LogP contribution in [0.5, 0.6) is 0 Å². The Morgan fingerprint density at radius 2 is 2.08 bits per heavy atom. The minimum Gasteiger partial charge on any atom is -0.480 e. The highest BCUT2D eigenvalue weighted by molar-refractivity contribution is 5.75. The molecule has 0 bridgehead atoms. The zero-order chi connectivity index (χ0) is 9.14. The Morgan fingerprint density at radius 1 is 1.42 bits per heavy atom. The van der Waals surface area contributed by atoms with E-state index in [9.17, 15) is 9.59 Å². The lowest BCUT2D eigenvalue weighted by Gasteiger charge is -2.29. The summed E-state index contributed by atoms with van der Waals surface area (Å²) in [6.07, 6.45) is -1.07. The van der Waals surface area contributed by atoms with Gasteiger partial charge in [0.05, 0.1) is 6.54 Å². The van der Waals surface area contributed by atoms with Crippen molar-refractivity contribution in [3.05, 3.63) is 0 Å². The van der Waals surface area contributed by atoms with Gasteiger partial charge in [0.1, 0.15) is 6.04 Å². The number of nitrogens with zero attached hydrogens (tertiary/aromatic N) is 1. The Balaban J connectivity index is 2.51. The molecule has 6 heteroatoms. The summed E-state index contributed by atoms with van der Waals surface area (Å²) >= 11 is 0. The Kier molecular flexibility index (Phi) is 2.49. The lowest BCUT2D eigenvalue weighted by molar-refractivity contribution is -0.140. The maximum absolute atomic E-state index is 10.4. The molecule has 1 aliphatic heterocycles. The second-order valence-corrected chi connectivity index (χ2v) is 2.57. The van der Waals surface area contributed by atoms with Crippen LogP contribution in [0.3, 0.4) is 0 Å². The van der Waals surface area contributed by atoms with Crippen molar-refractivity contribution in [2.45, 2.75) is 6.04 Å². The van der Waals surface area contributed by atoms with E-state index in [2.05, 4.69) is 5.32 Å². The molecule has 0 aliphatic carbocycles. The van der Waals surface area contributed by atoms with Crippen molar-refractivity contribution in [3.8, 4) is 0 Å². The van der Waals surface area contributed by atoms with Crippen molar-refractivity contribution in [3.63, 3.8) is 0 Å². The smallest absolute Gasteiger partial charge is 0.407 e. The summed E-state index contributed by atoms with van der Waals surface area (Å²) in [5.41, 5.74) is 0. The summed E-state index contributed by atoms with van der Waals surface area (Å²) in [5.74, 6) is -1.01. The molecular weight excluding hydrogens is 164 g/mol. The monoisotopic (exact) mass is 174 g/mol. The molecule has 1 rings (SSSR count). The second kappa shape index (κ2) is 3.40. The van der Waals surface area contributed by atoms with Crippen molar-refractivity contribution in [2.75, 3.05) is 19.6 Å². The molecule has 0 aromatic heterocycles. The van der Waals surface area contributed by atoms with Gasteiger partial charge in [-0.2, -0.15) is 0 Å². The molecule has 0 unspecified atom stereocenters. The zero-order valence-corrected chi connectivity index (χ0v) is 6.36. The molecule has 1 saturated heterocycles. The summed E-state index contributed by atoms with van der Waals surface area (Å²) in [5, 5.41) is 19.8. The van der Waals surface area contributed by atoms with Gasteiger partial charge in [0, 0.05) is 13.1 Å². The number of carbonyl (C=O) groups is 2. The molecule has 6 nitrogen and oxygen atoms in total. The van der Waals surface area contributed by atoms with Gasteiger partial charge in [-0.1, -0.05) is 0 Å². The van der Waals surface area contributed by atoms with Crippen LogP contribution in [-0.4, -0.2) is 52.9 Å². The quantitative estimate of drug-likeness (QED) is 0.475. The highest BCUT2D eigenvalue weighted by Crippen LogP contribution is 1.99. The predicted molar refractivity (Wildman–Crippen MR) is 39.0 cm³/mol. The van der Waals surface area contributed by atoms with E-state index in [1.54, 1.807) is 0 Å². The number of amides is 1. The number of hydrogen-bond acceptors (Lipinski definition) is 3. The highest BCUT2D eigenvalue weighted by Gasteiger charge is 2.26. The molecule has 1 heterocycles. The van der Waals surface area contributed by atoms with Crippen LogP contribution in [0.2, 0.25) is 0 Å². The summed E-state index contributed by atoms with van der Waals surface area (Å²) in [7, 11) is 0. The number of hydrogen-bond donors (Lipinski definition) is 3. The first-order valence-corrected chi connectivity index (χ1v) is 3.55. The third-order valence-corrected chi connectivity index (χ3v) is 1.74. The minimum atomic E-state index is -1.07. The van der Waals surface area contributed by atoms with Crippen molar-refractivity contribution in [2.24, 2.45) is 0 Å². The number of carboxylic acids is 1. The van der Waals surface area contributed by atoms with Crippen LogP contribution >= 0.6 is 0 Å². The molecule has 0 aromatic rings. The number of rotatable bonds is 1. The van der Waals surface area contributed by atoms with Crippen LogP contribution in [-0.2, 0) is 4.79 Å². The topological polar surface area (TPSA) is 89.9 Å². The molecular formula is C6H10N2O4. The maximum atomic E-state index is 10.4. The van der Waals surface area contributed by atoms with E-state index in [1.807, 2.05) is 0 Å². The molecule has 3 N–H and O–H groups in total. The largest absolute Gasteiger partial charge is 0.480 e. The van der Waals surface area contributed by atoms with Crippen LogP contribution in [0, 0.1) is 0 Å². The van der Waals surface area contributed by atoms with Gasteiger partial charge in [-0.25, -0.2) is 4.79 Å². The van der Waals surface area contributed by atoms with Gasteiger partial charge < -0.3 is 20.4 Å². The van der Waals surface area contributed by atoms with Crippen LogP contribution < -0.4 is 5.32 Å². The molecule has 68 valence electrons. The fourth-order valence-electron chi connectivity index (χ4n) is 1.09. The minimum absolute atomic E-state index is 0.0185. The lowest BCUT2D eigenvalue weighted by atomic mass is 10.2. The predicted octanol–water partition coefficient (Wildman–Crippen LogP) is -0.977. The Bertz CT molecular complexity index is 186. The van der Waals surface area contributed by atoms with E-state index in [4.69, 9.17) is 10.2 Å². The molecule has 1 amide bonds. The average Bonchev–Trinajstić information content (AvgIpc) is 2.04. The van der Waals surface area contributed by atoms with E-state index in [0.29, 0.717) is 13.1 Å². The van der Waals surface area contributed by atoms with E-state index >= 15 is 0 Å². The van der Waals surface area contributed by atoms with E-state index < -0.39 is 18.1 Å². The molecule has 0 aromatic carbocycles. The summed E-state index contributed by atoms with van der Waals surface area (Å²) in [4.78, 5) is 22.0. The maximum Gasteiger partial charge on any atom is 0.407 e. The Labute approximate surface area is 68.8 Å². The zero-order valence-electron chi connectivity index (χ0n) is 6.36. The Hall–Kier alpha value is -1.30. The van der Waals surface area contributed by atoms with Gasteiger partial charge in [-0.05, 0) is 0 Å². The molecule has 1 fully saturated rings. The van der Waals surface area contributed by atoms with Gasteiger partial charge in [0.25, 0.3) is 0 Å².